The fraction of sp³-hybridized carbons (Fsp3) is 0.636. The first kappa shape index (κ1) is 23.9. The zero-order chi connectivity index (χ0) is 19.8. The van der Waals surface area contributed by atoms with Gasteiger partial charge in [-0.05, 0) is 31.2 Å². The molecule has 2 N–H and O–H groups in total. The molecule has 1 aliphatic heterocycles. The second-order valence-corrected chi connectivity index (χ2v) is 8.18. The van der Waals surface area contributed by atoms with Crippen LogP contribution in [0, 0.1) is 0 Å². The zero-order valence-corrected chi connectivity index (χ0v) is 20.0. The SMILES string of the molecule is CN(C)C(=O)CN=C(NCC1CCCO1)NCC1(c2ccccc2)CCCC1.I. The second-order valence-electron chi connectivity index (χ2n) is 8.18. The predicted octanol–water partition coefficient (Wildman–Crippen LogP) is 2.92. The third-order valence-electron chi connectivity index (χ3n) is 5.93. The molecule has 1 atom stereocenters. The van der Waals surface area contributed by atoms with Gasteiger partial charge in [0.1, 0.15) is 6.54 Å². The summed E-state index contributed by atoms with van der Waals surface area (Å²) < 4.78 is 5.71. The number of carbonyl (C=O) groups is 1. The molecule has 1 amide bonds. The van der Waals surface area contributed by atoms with Crippen molar-refractivity contribution in [2.45, 2.75) is 50.0 Å². The van der Waals surface area contributed by atoms with E-state index in [2.05, 4.69) is 46.0 Å². The Morgan fingerprint density at radius 3 is 2.52 bits per heavy atom. The van der Waals surface area contributed by atoms with Gasteiger partial charge < -0.3 is 20.3 Å². The molecule has 1 saturated carbocycles. The normalized spacial score (nSPS) is 20.8. The summed E-state index contributed by atoms with van der Waals surface area (Å²) in [4.78, 5) is 18.1. The number of benzene rings is 1. The molecule has 7 heteroatoms. The molecular formula is C22H35IN4O2. The number of nitrogens with one attached hydrogen (secondary N) is 2. The average molecular weight is 514 g/mol. The number of ether oxygens (including phenoxy) is 1. The van der Waals surface area contributed by atoms with Crippen molar-refractivity contribution in [3.8, 4) is 0 Å². The summed E-state index contributed by atoms with van der Waals surface area (Å²) in [6.45, 7) is 2.53. The van der Waals surface area contributed by atoms with E-state index in [1.54, 1.807) is 19.0 Å². The molecule has 1 saturated heterocycles. The van der Waals surface area contributed by atoms with Crippen LogP contribution in [0.3, 0.4) is 0 Å². The highest BCUT2D eigenvalue weighted by Gasteiger charge is 2.35. The van der Waals surface area contributed by atoms with Gasteiger partial charge in [0.05, 0.1) is 6.10 Å². The third kappa shape index (κ3) is 6.84. The van der Waals surface area contributed by atoms with Gasteiger partial charge in [0.25, 0.3) is 0 Å². The van der Waals surface area contributed by atoms with E-state index in [4.69, 9.17) is 4.74 Å². The first-order valence-electron chi connectivity index (χ1n) is 10.5. The Morgan fingerprint density at radius 1 is 1.17 bits per heavy atom. The molecule has 0 spiro atoms. The number of carbonyl (C=O) groups excluding carboxylic acids is 1. The minimum absolute atomic E-state index is 0. The number of amides is 1. The third-order valence-corrected chi connectivity index (χ3v) is 5.93. The van der Waals surface area contributed by atoms with Gasteiger partial charge in [-0.1, -0.05) is 43.2 Å². The largest absolute Gasteiger partial charge is 0.376 e. The molecule has 3 rings (SSSR count). The van der Waals surface area contributed by atoms with Crippen LogP contribution in [-0.4, -0.2) is 63.2 Å². The van der Waals surface area contributed by atoms with E-state index >= 15 is 0 Å². The molecule has 0 radical (unpaired) electrons. The molecule has 0 bridgehead atoms. The van der Waals surface area contributed by atoms with Gasteiger partial charge in [-0.2, -0.15) is 0 Å². The Labute approximate surface area is 191 Å². The number of hydrogen-bond acceptors (Lipinski definition) is 3. The standard InChI is InChI=1S/C22H34N4O2.HI/c1-26(2)20(27)16-24-21(23-15-19-11-8-14-28-19)25-17-22(12-6-7-13-22)18-9-4-3-5-10-18;/h3-5,9-10,19H,6-8,11-17H2,1-2H3,(H2,23,24,25);1H. The topological polar surface area (TPSA) is 66.0 Å². The average Bonchev–Trinajstić information content (AvgIpc) is 3.40. The molecule has 1 aromatic rings. The molecular weight excluding hydrogens is 479 g/mol. The summed E-state index contributed by atoms with van der Waals surface area (Å²) in [6, 6.07) is 10.8. The van der Waals surface area contributed by atoms with Gasteiger partial charge in [-0.3, -0.25) is 4.79 Å². The van der Waals surface area contributed by atoms with E-state index in [0.29, 0.717) is 5.96 Å². The van der Waals surface area contributed by atoms with Crippen LogP contribution in [0.4, 0.5) is 0 Å². The maximum absolute atomic E-state index is 12.0. The van der Waals surface area contributed by atoms with E-state index in [-0.39, 0.29) is 47.9 Å². The lowest BCUT2D eigenvalue weighted by molar-refractivity contribution is -0.127. The highest BCUT2D eigenvalue weighted by molar-refractivity contribution is 14.0. The Bertz CT molecular complexity index is 654. The Balaban J connectivity index is 0.00000300. The molecule has 29 heavy (non-hydrogen) atoms. The lowest BCUT2D eigenvalue weighted by Gasteiger charge is -2.31. The molecule has 2 aliphatic rings. The Hall–Kier alpha value is -1.35. The summed E-state index contributed by atoms with van der Waals surface area (Å²) in [5.41, 5.74) is 1.53. The highest BCUT2D eigenvalue weighted by Crippen LogP contribution is 2.40. The summed E-state index contributed by atoms with van der Waals surface area (Å²) >= 11 is 0. The fourth-order valence-electron chi connectivity index (χ4n) is 4.14. The summed E-state index contributed by atoms with van der Waals surface area (Å²) in [5, 5.41) is 6.92. The quantitative estimate of drug-likeness (QED) is 0.334. The molecule has 1 aromatic carbocycles. The van der Waals surface area contributed by atoms with E-state index in [9.17, 15) is 4.79 Å². The smallest absolute Gasteiger partial charge is 0.243 e. The Morgan fingerprint density at radius 2 is 1.90 bits per heavy atom. The van der Waals surface area contributed by atoms with Crippen LogP contribution in [0.25, 0.3) is 0 Å². The summed E-state index contributed by atoms with van der Waals surface area (Å²) in [6.07, 6.45) is 7.29. The molecule has 1 aliphatic carbocycles. The van der Waals surface area contributed by atoms with E-state index in [1.807, 2.05) is 0 Å². The van der Waals surface area contributed by atoms with Gasteiger partial charge in [0.15, 0.2) is 5.96 Å². The van der Waals surface area contributed by atoms with Gasteiger partial charge in [0, 0.05) is 39.2 Å². The van der Waals surface area contributed by atoms with E-state index in [1.165, 1.54) is 31.2 Å². The van der Waals surface area contributed by atoms with Crippen LogP contribution in [0.5, 0.6) is 0 Å². The minimum atomic E-state index is -0.00291. The van der Waals surface area contributed by atoms with Crippen LogP contribution >= 0.6 is 24.0 Å². The molecule has 1 heterocycles. The number of rotatable bonds is 7. The molecule has 2 fully saturated rings. The number of hydrogen-bond donors (Lipinski definition) is 2. The van der Waals surface area contributed by atoms with Gasteiger partial charge in [-0.15, -0.1) is 24.0 Å². The Kier molecular flexibility index (Phi) is 9.68. The maximum Gasteiger partial charge on any atom is 0.243 e. The van der Waals surface area contributed by atoms with Gasteiger partial charge in [-0.25, -0.2) is 4.99 Å². The molecule has 0 aromatic heterocycles. The predicted molar refractivity (Wildman–Crippen MR) is 128 cm³/mol. The summed E-state index contributed by atoms with van der Waals surface area (Å²) in [5.74, 6) is 0.699. The molecule has 6 nitrogen and oxygen atoms in total. The van der Waals surface area contributed by atoms with Crippen LogP contribution in [-0.2, 0) is 14.9 Å². The van der Waals surface area contributed by atoms with E-state index in [0.717, 1.165) is 32.5 Å². The van der Waals surface area contributed by atoms with Crippen molar-refractivity contribution in [2.24, 2.45) is 4.99 Å². The van der Waals surface area contributed by atoms with Gasteiger partial charge >= 0.3 is 0 Å². The maximum atomic E-state index is 12.0. The molecule has 162 valence electrons. The van der Waals surface area contributed by atoms with Crippen molar-refractivity contribution < 1.29 is 9.53 Å². The van der Waals surface area contributed by atoms with Crippen molar-refractivity contribution in [2.75, 3.05) is 40.3 Å². The lowest BCUT2D eigenvalue weighted by Crippen LogP contribution is -2.47. The monoisotopic (exact) mass is 514 g/mol. The first-order valence-corrected chi connectivity index (χ1v) is 10.5. The number of halogens is 1. The number of nitrogens with zero attached hydrogens (tertiary/aromatic N) is 2. The zero-order valence-electron chi connectivity index (χ0n) is 17.7. The van der Waals surface area contributed by atoms with Crippen molar-refractivity contribution in [1.29, 1.82) is 0 Å². The number of aliphatic imine (C=N–C) groups is 1. The molecule has 1 unspecified atom stereocenters. The van der Waals surface area contributed by atoms with Crippen molar-refractivity contribution in [3.05, 3.63) is 35.9 Å². The number of guanidine groups is 1. The lowest BCUT2D eigenvalue weighted by atomic mass is 9.79. The van der Waals surface area contributed by atoms with Crippen LogP contribution in [0.2, 0.25) is 0 Å². The first-order chi connectivity index (χ1) is 13.6. The van der Waals surface area contributed by atoms with Crippen molar-refractivity contribution in [1.82, 2.24) is 15.5 Å². The fourth-order valence-corrected chi connectivity index (χ4v) is 4.14. The van der Waals surface area contributed by atoms with Crippen LogP contribution in [0.1, 0.15) is 44.1 Å². The number of likely N-dealkylation sites (N-methyl/N-ethyl adjacent to an activating group) is 1. The second kappa shape index (κ2) is 11.7. The van der Waals surface area contributed by atoms with Crippen LogP contribution in [0.15, 0.2) is 35.3 Å². The minimum Gasteiger partial charge on any atom is -0.376 e. The van der Waals surface area contributed by atoms with Crippen molar-refractivity contribution in [3.63, 3.8) is 0 Å². The van der Waals surface area contributed by atoms with Crippen molar-refractivity contribution >= 4 is 35.8 Å². The highest BCUT2D eigenvalue weighted by atomic mass is 127. The van der Waals surface area contributed by atoms with E-state index < -0.39 is 0 Å². The van der Waals surface area contributed by atoms with Gasteiger partial charge in [0.2, 0.25) is 5.91 Å². The summed E-state index contributed by atoms with van der Waals surface area (Å²) in [7, 11) is 3.52. The van der Waals surface area contributed by atoms with Crippen LogP contribution < -0.4 is 10.6 Å².